The van der Waals surface area contributed by atoms with Crippen LogP contribution >= 0.6 is 11.6 Å². The molecule has 1 aromatic heterocycles. The van der Waals surface area contributed by atoms with E-state index in [1.807, 2.05) is 0 Å². The number of halogens is 1. The third-order valence-electron chi connectivity index (χ3n) is 4.63. The Kier molecular flexibility index (Phi) is 6.30. The van der Waals surface area contributed by atoms with Crippen LogP contribution in [-0.4, -0.2) is 28.2 Å². The molecule has 7 nitrogen and oxygen atoms in total. The molecule has 1 unspecified atom stereocenters. The topological polar surface area (TPSA) is 96.6 Å². The average Bonchev–Trinajstić information content (AvgIpc) is 2.98. The van der Waals surface area contributed by atoms with E-state index in [2.05, 4.69) is 26.2 Å². The van der Waals surface area contributed by atoms with E-state index >= 15 is 0 Å². The number of rotatable bonds is 3. The van der Waals surface area contributed by atoms with Gasteiger partial charge in [0.05, 0.1) is 16.3 Å². The standard InChI is InChI=1S/C16H16ClN3O4S.K/c17-12-7-6-11-13(19-24-25(21,22)23)8-9-20-15(11)14(12)18-16(20)10-4-2-1-3-5-10;/h1-2,6-7,10H,3-5,8-9H2,(H,21,22,23);/q;+1/p-1/b19-13-;. The molecule has 10 heteroatoms. The van der Waals surface area contributed by atoms with Gasteiger partial charge in [-0.1, -0.05) is 28.9 Å². The monoisotopic (exact) mass is 419 g/mol. The maximum atomic E-state index is 10.7. The summed E-state index contributed by atoms with van der Waals surface area (Å²) < 4.78 is 38.3. The molecule has 0 saturated carbocycles. The molecule has 0 spiro atoms. The van der Waals surface area contributed by atoms with Crippen LogP contribution in [0, 0.1) is 0 Å². The summed E-state index contributed by atoms with van der Waals surface area (Å²) in [6.07, 6.45) is 7.80. The molecule has 1 aromatic carbocycles. The minimum absolute atomic E-state index is 0. The largest absolute Gasteiger partial charge is 1.00 e. The predicted molar refractivity (Wildman–Crippen MR) is 92.4 cm³/mol. The maximum Gasteiger partial charge on any atom is 1.00 e. The fraction of sp³-hybridized carbons (Fsp3) is 0.375. The number of hydrogen-bond acceptors (Lipinski definition) is 6. The molecule has 0 saturated heterocycles. The molecule has 1 aliphatic carbocycles. The first-order valence-corrected chi connectivity index (χ1v) is 9.70. The van der Waals surface area contributed by atoms with Gasteiger partial charge in [-0.2, -0.15) is 8.42 Å². The first-order chi connectivity index (χ1) is 11.9. The maximum absolute atomic E-state index is 10.7. The van der Waals surface area contributed by atoms with Crippen molar-refractivity contribution in [1.82, 2.24) is 9.55 Å². The zero-order valence-corrected chi connectivity index (χ0v) is 18.9. The van der Waals surface area contributed by atoms with Gasteiger partial charge in [0, 0.05) is 24.4 Å². The molecule has 0 bridgehead atoms. The molecule has 1 atom stereocenters. The third kappa shape index (κ3) is 3.95. The number of hydrogen-bond donors (Lipinski definition) is 0. The van der Waals surface area contributed by atoms with Crippen molar-refractivity contribution in [3.05, 3.63) is 40.7 Å². The number of allylic oxidation sites excluding steroid dienone is 2. The zero-order chi connectivity index (χ0) is 17.6. The number of nitrogens with zero attached hydrogens (tertiary/aromatic N) is 3. The molecule has 4 rings (SSSR count). The molecule has 2 heterocycles. The van der Waals surface area contributed by atoms with Gasteiger partial charge in [0.15, 0.2) is 0 Å². The fourth-order valence-corrected chi connectivity index (χ4v) is 3.94. The Hall–Kier alpha value is -0.264. The van der Waals surface area contributed by atoms with Crippen LogP contribution < -0.4 is 51.4 Å². The number of aryl methyl sites for hydroxylation is 1. The minimum Gasteiger partial charge on any atom is -0.714 e. The van der Waals surface area contributed by atoms with E-state index in [9.17, 15) is 13.0 Å². The molecule has 0 amide bonds. The van der Waals surface area contributed by atoms with Crippen LogP contribution in [0.2, 0.25) is 5.02 Å². The van der Waals surface area contributed by atoms with Gasteiger partial charge in [-0.3, -0.25) is 4.28 Å². The number of imidazole rings is 1. The second-order valence-electron chi connectivity index (χ2n) is 6.17. The first kappa shape index (κ1) is 20.5. The summed E-state index contributed by atoms with van der Waals surface area (Å²) in [5.74, 6) is 1.32. The van der Waals surface area contributed by atoms with E-state index in [1.165, 1.54) is 0 Å². The Bertz CT molecular complexity index is 1020. The van der Waals surface area contributed by atoms with Crippen molar-refractivity contribution in [2.24, 2.45) is 5.16 Å². The smallest absolute Gasteiger partial charge is 0.714 e. The summed E-state index contributed by atoms with van der Waals surface area (Å²) in [5.41, 5.74) is 2.58. The van der Waals surface area contributed by atoms with Gasteiger partial charge in [-0.15, -0.1) is 0 Å². The third-order valence-corrected chi connectivity index (χ3v) is 5.19. The van der Waals surface area contributed by atoms with Crippen LogP contribution in [0.3, 0.4) is 0 Å². The quantitative estimate of drug-likeness (QED) is 0.231. The summed E-state index contributed by atoms with van der Waals surface area (Å²) in [6.45, 7) is 0.584. The number of aromatic nitrogens is 2. The summed E-state index contributed by atoms with van der Waals surface area (Å²) >= 11 is 6.32. The number of oxime groups is 1. The number of benzene rings is 1. The van der Waals surface area contributed by atoms with Gasteiger partial charge in [-0.25, -0.2) is 4.98 Å². The van der Waals surface area contributed by atoms with Gasteiger partial charge in [0.25, 0.3) is 10.4 Å². The van der Waals surface area contributed by atoms with Gasteiger partial charge >= 0.3 is 51.4 Å². The van der Waals surface area contributed by atoms with Gasteiger partial charge in [0.2, 0.25) is 0 Å². The molecule has 0 fully saturated rings. The summed E-state index contributed by atoms with van der Waals surface area (Å²) in [7, 11) is -4.88. The van der Waals surface area contributed by atoms with E-state index < -0.39 is 10.4 Å². The predicted octanol–water partition coefficient (Wildman–Crippen LogP) is 0.102. The van der Waals surface area contributed by atoms with Crippen molar-refractivity contribution < 1.29 is 68.6 Å². The van der Waals surface area contributed by atoms with Crippen LogP contribution in [0.25, 0.3) is 11.0 Å². The molecule has 1 aliphatic heterocycles. The van der Waals surface area contributed by atoms with Crippen molar-refractivity contribution in [2.45, 2.75) is 38.1 Å². The molecule has 0 radical (unpaired) electrons. The average molecular weight is 420 g/mol. The Morgan fingerprint density at radius 3 is 2.85 bits per heavy atom. The SMILES string of the molecule is O=S(=O)([O-])O/N=C1/CCn2c(C3CC=CCC3)nc3c(Cl)ccc1c32.[K+]. The van der Waals surface area contributed by atoms with Crippen molar-refractivity contribution in [2.75, 3.05) is 0 Å². The second kappa shape index (κ2) is 8.00. The molecular weight excluding hydrogens is 405 g/mol. The van der Waals surface area contributed by atoms with E-state index in [-0.39, 0.29) is 51.4 Å². The summed E-state index contributed by atoms with van der Waals surface area (Å²) in [5, 5.41) is 4.08. The molecule has 0 N–H and O–H groups in total. The Morgan fingerprint density at radius 2 is 2.15 bits per heavy atom. The molecule has 2 aliphatic rings. The molecule has 132 valence electrons. The Labute approximate surface area is 198 Å². The van der Waals surface area contributed by atoms with Crippen LogP contribution in [0.5, 0.6) is 0 Å². The normalized spacial score (nSPS) is 21.0. The Balaban J connectivity index is 0.00000196. The molecule has 26 heavy (non-hydrogen) atoms. The van der Waals surface area contributed by atoms with Gasteiger partial charge in [0.1, 0.15) is 11.3 Å². The van der Waals surface area contributed by atoms with Gasteiger partial charge in [-0.05, 0) is 31.4 Å². The van der Waals surface area contributed by atoms with Crippen LogP contribution in [-0.2, 0) is 21.2 Å². The van der Waals surface area contributed by atoms with Crippen molar-refractivity contribution in [3.63, 3.8) is 0 Å². The van der Waals surface area contributed by atoms with Crippen molar-refractivity contribution >= 4 is 38.7 Å². The fourth-order valence-electron chi connectivity index (χ4n) is 3.56. The summed E-state index contributed by atoms with van der Waals surface area (Å²) in [6, 6.07) is 3.46. The van der Waals surface area contributed by atoms with E-state index in [1.54, 1.807) is 12.1 Å². The minimum atomic E-state index is -4.88. The summed E-state index contributed by atoms with van der Waals surface area (Å²) in [4.78, 5) is 4.77. The van der Waals surface area contributed by atoms with Crippen LogP contribution in [0.4, 0.5) is 0 Å². The van der Waals surface area contributed by atoms with Crippen molar-refractivity contribution in [1.29, 1.82) is 0 Å². The van der Waals surface area contributed by atoms with Crippen LogP contribution in [0.15, 0.2) is 29.4 Å². The molecular formula is C16H15ClKN3O4S. The van der Waals surface area contributed by atoms with E-state index in [0.29, 0.717) is 40.7 Å². The van der Waals surface area contributed by atoms with E-state index in [4.69, 9.17) is 16.6 Å². The Morgan fingerprint density at radius 1 is 1.35 bits per heavy atom. The molecule has 2 aromatic rings. The second-order valence-corrected chi connectivity index (χ2v) is 7.54. The first-order valence-electron chi connectivity index (χ1n) is 7.99. The zero-order valence-electron chi connectivity index (χ0n) is 14.2. The van der Waals surface area contributed by atoms with Crippen LogP contribution in [0.1, 0.15) is 43.0 Å². The van der Waals surface area contributed by atoms with Crippen molar-refractivity contribution in [3.8, 4) is 0 Å². The van der Waals surface area contributed by atoms with E-state index in [0.717, 1.165) is 30.6 Å². The van der Waals surface area contributed by atoms with Gasteiger partial charge < -0.3 is 9.12 Å².